The molecule has 1 spiro atoms. The molecule has 2 aliphatic heterocycles. The molecule has 1 amide bonds. The quantitative estimate of drug-likeness (QED) is 0.656. The minimum absolute atomic E-state index is 0.00224. The SMILES string of the molecule is O=C1Nc2ccccc2[C@]12CC(c1cccc([N+](=O)[O-])c1)=NN2. The van der Waals surface area contributed by atoms with Gasteiger partial charge in [-0.3, -0.25) is 20.3 Å². The number of nitro groups is 1. The van der Waals surface area contributed by atoms with Gasteiger partial charge in [-0.25, -0.2) is 0 Å². The molecule has 0 fully saturated rings. The molecular weight excluding hydrogens is 296 g/mol. The first-order chi connectivity index (χ1) is 11.1. The average Bonchev–Trinajstić information content (AvgIpc) is 3.12. The second kappa shape index (κ2) is 4.64. The molecule has 0 radical (unpaired) electrons. The monoisotopic (exact) mass is 308 g/mol. The predicted molar refractivity (Wildman–Crippen MR) is 84.1 cm³/mol. The van der Waals surface area contributed by atoms with E-state index in [0.29, 0.717) is 17.7 Å². The number of non-ortho nitro benzene ring substituents is 1. The summed E-state index contributed by atoms with van der Waals surface area (Å²) in [5.41, 5.74) is 4.88. The van der Waals surface area contributed by atoms with Crippen LogP contribution in [0.1, 0.15) is 17.5 Å². The molecule has 2 aromatic rings. The highest BCUT2D eigenvalue weighted by molar-refractivity contribution is 6.13. The highest BCUT2D eigenvalue weighted by Crippen LogP contribution is 2.41. The zero-order valence-corrected chi connectivity index (χ0v) is 11.9. The number of hydrogen-bond acceptors (Lipinski definition) is 5. The van der Waals surface area contributed by atoms with E-state index in [1.54, 1.807) is 12.1 Å². The molecule has 0 unspecified atom stereocenters. The molecule has 0 aromatic heterocycles. The van der Waals surface area contributed by atoms with Crippen LogP contribution in [-0.2, 0) is 10.3 Å². The number of carbonyl (C=O) groups excluding carboxylic acids is 1. The Balaban J connectivity index is 1.71. The molecule has 0 bridgehead atoms. The van der Waals surface area contributed by atoms with Crippen LogP contribution in [0.3, 0.4) is 0 Å². The molecule has 0 aliphatic carbocycles. The van der Waals surface area contributed by atoms with Crippen LogP contribution >= 0.6 is 0 Å². The van der Waals surface area contributed by atoms with Crippen molar-refractivity contribution in [2.24, 2.45) is 5.10 Å². The third-order valence-corrected chi connectivity index (χ3v) is 4.23. The van der Waals surface area contributed by atoms with E-state index in [1.807, 2.05) is 24.3 Å². The molecule has 2 aromatic carbocycles. The lowest BCUT2D eigenvalue weighted by atomic mass is 9.86. The van der Waals surface area contributed by atoms with E-state index >= 15 is 0 Å². The number of carbonyl (C=O) groups is 1. The number of nitro benzene ring substituents is 1. The van der Waals surface area contributed by atoms with Crippen molar-refractivity contribution in [1.82, 2.24) is 5.43 Å². The lowest BCUT2D eigenvalue weighted by molar-refractivity contribution is -0.384. The zero-order valence-electron chi connectivity index (χ0n) is 11.9. The molecule has 114 valence electrons. The van der Waals surface area contributed by atoms with Gasteiger partial charge in [0.15, 0.2) is 5.54 Å². The second-order valence-electron chi connectivity index (χ2n) is 5.56. The molecule has 7 nitrogen and oxygen atoms in total. The maximum absolute atomic E-state index is 12.5. The Morgan fingerprint density at radius 2 is 2.00 bits per heavy atom. The number of para-hydroxylation sites is 1. The number of nitrogens with one attached hydrogen (secondary N) is 2. The summed E-state index contributed by atoms with van der Waals surface area (Å²) in [5.74, 6) is -0.164. The number of amides is 1. The van der Waals surface area contributed by atoms with Gasteiger partial charge in [0.05, 0.1) is 10.6 Å². The van der Waals surface area contributed by atoms with Crippen molar-refractivity contribution in [3.63, 3.8) is 0 Å². The summed E-state index contributed by atoms with van der Waals surface area (Å²) in [5, 5.41) is 18.0. The van der Waals surface area contributed by atoms with Gasteiger partial charge in [-0.2, -0.15) is 5.10 Å². The largest absolute Gasteiger partial charge is 0.323 e. The first-order valence-electron chi connectivity index (χ1n) is 7.10. The van der Waals surface area contributed by atoms with Crippen LogP contribution in [0.2, 0.25) is 0 Å². The van der Waals surface area contributed by atoms with E-state index in [4.69, 9.17) is 0 Å². The fourth-order valence-electron chi connectivity index (χ4n) is 3.06. The molecule has 1 atom stereocenters. The van der Waals surface area contributed by atoms with Crippen molar-refractivity contribution in [3.8, 4) is 0 Å². The van der Waals surface area contributed by atoms with E-state index in [0.717, 1.165) is 11.3 Å². The molecule has 0 saturated carbocycles. The van der Waals surface area contributed by atoms with Gasteiger partial charge in [0.2, 0.25) is 0 Å². The summed E-state index contributed by atoms with van der Waals surface area (Å²) in [6.45, 7) is 0. The van der Waals surface area contributed by atoms with Crippen LogP contribution in [0.25, 0.3) is 0 Å². The van der Waals surface area contributed by atoms with E-state index < -0.39 is 10.5 Å². The first-order valence-corrected chi connectivity index (χ1v) is 7.10. The summed E-state index contributed by atoms with van der Waals surface area (Å²) in [6.07, 6.45) is 0.344. The maximum atomic E-state index is 12.5. The van der Waals surface area contributed by atoms with Crippen molar-refractivity contribution in [1.29, 1.82) is 0 Å². The van der Waals surface area contributed by atoms with Crippen LogP contribution in [0.4, 0.5) is 11.4 Å². The maximum Gasteiger partial charge on any atom is 0.270 e. The van der Waals surface area contributed by atoms with Gasteiger partial charge in [-0.05, 0) is 6.07 Å². The van der Waals surface area contributed by atoms with Gasteiger partial charge in [0.1, 0.15) is 0 Å². The van der Waals surface area contributed by atoms with Crippen LogP contribution in [-0.4, -0.2) is 16.5 Å². The number of anilines is 1. The average molecular weight is 308 g/mol. The Hall–Kier alpha value is -3.22. The van der Waals surface area contributed by atoms with Gasteiger partial charge >= 0.3 is 0 Å². The van der Waals surface area contributed by atoms with Gasteiger partial charge in [0.25, 0.3) is 11.6 Å². The van der Waals surface area contributed by atoms with Crippen LogP contribution in [0.15, 0.2) is 53.6 Å². The van der Waals surface area contributed by atoms with E-state index in [9.17, 15) is 14.9 Å². The van der Waals surface area contributed by atoms with Gasteiger partial charge in [-0.15, -0.1) is 0 Å². The summed E-state index contributed by atoms with van der Waals surface area (Å²) in [7, 11) is 0. The van der Waals surface area contributed by atoms with Gasteiger partial charge in [-0.1, -0.05) is 30.3 Å². The highest BCUT2D eigenvalue weighted by Gasteiger charge is 2.50. The zero-order chi connectivity index (χ0) is 16.0. The van der Waals surface area contributed by atoms with Crippen LogP contribution in [0.5, 0.6) is 0 Å². The van der Waals surface area contributed by atoms with Crippen molar-refractivity contribution < 1.29 is 9.72 Å². The fourth-order valence-corrected chi connectivity index (χ4v) is 3.06. The molecule has 23 heavy (non-hydrogen) atoms. The first kappa shape index (κ1) is 13.4. The van der Waals surface area contributed by atoms with Crippen molar-refractivity contribution in [3.05, 3.63) is 69.8 Å². The Labute approximate surface area is 131 Å². The van der Waals surface area contributed by atoms with Crippen molar-refractivity contribution in [2.45, 2.75) is 12.0 Å². The third-order valence-electron chi connectivity index (χ3n) is 4.23. The molecule has 2 N–H and O–H groups in total. The number of hydrogen-bond donors (Lipinski definition) is 2. The lowest BCUT2D eigenvalue weighted by Gasteiger charge is -2.20. The molecule has 0 saturated heterocycles. The van der Waals surface area contributed by atoms with Crippen molar-refractivity contribution in [2.75, 3.05) is 5.32 Å². The Morgan fingerprint density at radius 1 is 1.17 bits per heavy atom. The van der Waals surface area contributed by atoms with Gasteiger partial charge in [0, 0.05) is 35.4 Å². The summed E-state index contributed by atoms with van der Waals surface area (Å²) in [4.78, 5) is 22.9. The number of hydrazone groups is 1. The minimum Gasteiger partial charge on any atom is -0.323 e. The molecular formula is C16H12N4O3. The third kappa shape index (κ3) is 1.90. The number of benzene rings is 2. The molecule has 2 aliphatic rings. The lowest BCUT2D eigenvalue weighted by Crippen LogP contribution is -2.42. The molecule has 7 heteroatoms. The fraction of sp³-hybridized carbons (Fsp3) is 0.125. The number of fused-ring (bicyclic) bond motifs is 2. The van der Waals surface area contributed by atoms with Crippen LogP contribution in [0, 0.1) is 10.1 Å². The second-order valence-corrected chi connectivity index (χ2v) is 5.56. The summed E-state index contributed by atoms with van der Waals surface area (Å²) >= 11 is 0. The Kier molecular flexibility index (Phi) is 2.71. The Bertz CT molecular complexity index is 877. The van der Waals surface area contributed by atoms with Crippen molar-refractivity contribution >= 4 is 23.0 Å². The smallest absolute Gasteiger partial charge is 0.270 e. The van der Waals surface area contributed by atoms with E-state index in [1.165, 1.54) is 12.1 Å². The number of nitrogens with zero attached hydrogens (tertiary/aromatic N) is 2. The summed E-state index contributed by atoms with van der Waals surface area (Å²) < 4.78 is 0. The Morgan fingerprint density at radius 3 is 2.83 bits per heavy atom. The highest BCUT2D eigenvalue weighted by atomic mass is 16.6. The normalized spacial score (nSPS) is 21.6. The van der Waals surface area contributed by atoms with E-state index in [-0.39, 0.29) is 11.6 Å². The summed E-state index contributed by atoms with van der Waals surface area (Å²) in [6, 6.07) is 13.7. The van der Waals surface area contributed by atoms with E-state index in [2.05, 4.69) is 15.8 Å². The molecule has 4 rings (SSSR count). The number of rotatable bonds is 2. The van der Waals surface area contributed by atoms with Crippen LogP contribution < -0.4 is 10.7 Å². The van der Waals surface area contributed by atoms with Gasteiger partial charge < -0.3 is 5.32 Å². The predicted octanol–water partition coefficient (Wildman–Crippen LogP) is 2.14. The minimum atomic E-state index is -0.934. The molecule has 2 heterocycles. The topological polar surface area (TPSA) is 96.6 Å². The standard InChI is InChI=1S/C16H12N4O3/c21-15-16(12-6-1-2-7-13(12)17-15)9-14(18-19-16)10-4-3-5-11(8-10)20(22)23/h1-8,19H,9H2,(H,17,21)/t16-/m1/s1.